The van der Waals surface area contributed by atoms with Gasteiger partial charge in [0.15, 0.2) is 46.1 Å². The van der Waals surface area contributed by atoms with Gasteiger partial charge in [-0.1, -0.05) is 256 Å². The lowest BCUT2D eigenvalue weighted by Gasteiger charge is -2.33. The van der Waals surface area contributed by atoms with E-state index < -0.39 is 111 Å². The molecule has 8 amide bonds. The second-order valence-electron chi connectivity index (χ2n) is 39.9. The van der Waals surface area contributed by atoms with Gasteiger partial charge in [0.2, 0.25) is 58.8 Å². The molecule has 9 atom stereocenters. The number of hydrogen-bond donors (Lipinski definition) is 14. The van der Waals surface area contributed by atoms with Gasteiger partial charge in [0, 0.05) is 95.3 Å². The number of amides is 8. The van der Waals surface area contributed by atoms with E-state index in [1.54, 1.807) is 113 Å². The number of carbonyl (C=O) groups excluding carboxylic acids is 12. The number of benzene rings is 9. The first-order valence-corrected chi connectivity index (χ1v) is 50.1. The summed E-state index contributed by atoms with van der Waals surface area (Å²) in [5, 5.41) is 58.5. The third kappa shape index (κ3) is 38.7. The largest absolute Gasteiger partial charge is 0.508 e. The molecule has 0 spiro atoms. The number of Topliss-reactive ketones (excluding diaryl/α,β-unsaturated/α-hetero) is 4. The predicted molar refractivity (Wildman–Crippen MR) is 571 cm³/mol. The van der Waals surface area contributed by atoms with Gasteiger partial charge in [-0.25, -0.2) is 21.9 Å². The number of unbranched alkanes of at least 4 members (excludes halogenated alkanes) is 1. The fourth-order valence-corrected chi connectivity index (χ4v) is 17.3. The maximum atomic E-state index is 14.0. The average molecular weight is 2070 g/mol. The average Bonchev–Trinajstić information content (AvgIpc) is 1.62. The number of ether oxygens (including phenoxy) is 7. The van der Waals surface area contributed by atoms with Crippen LogP contribution in [-0.2, 0) is 75.4 Å². The molecule has 1 heterocycles. The summed E-state index contributed by atoms with van der Waals surface area (Å²) in [6, 6.07) is 62.3. The predicted octanol–water partition coefficient (Wildman–Crippen LogP) is 17.6. The minimum absolute atomic E-state index is 0.109. The molecule has 33 nitrogen and oxygen atoms in total. The first-order valence-electron chi connectivity index (χ1n) is 50.1. The highest BCUT2D eigenvalue weighted by Crippen LogP contribution is 2.42. The molecule has 0 aliphatic carbocycles. The molecular weight excluding hydrogens is 1920 g/mol. The van der Waals surface area contributed by atoms with E-state index in [0.717, 1.165) is 51.6 Å². The van der Waals surface area contributed by atoms with Crippen LogP contribution in [0.25, 0.3) is 10.9 Å². The Morgan fingerprint density at radius 2 is 0.747 bits per heavy atom. The van der Waals surface area contributed by atoms with E-state index in [0.29, 0.717) is 134 Å². The van der Waals surface area contributed by atoms with Crippen LogP contribution in [0.15, 0.2) is 237 Å². The summed E-state index contributed by atoms with van der Waals surface area (Å²) >= 11 is 0. The number of aromatic hydroxyl groups is 1. The van der Waals surface area contributed by atoms with Crippen molar-refractivity contribution in [3.8, 4) is 40.2 Å². The Kier molecular flexibility index (Phi) is 50.3. The Morgan fingerprint density at radius 1 is 0.373 bits per heavy atom. The van der Waals surface area contributed by atoms with Crippen LogP contribution in [0.5, 0.6) is 40.2 Å². The van der Waals surface area contributed by atoms with Crippen molar-refractivity contribution in [1.29, 1.82) is 0 Å². The summed E-state index contributed by atoms with van der Waals surface area (Å²) in [5.41, 5.74) is 13.5. The number of allylic oxidation sites excluding steroid dienone is 1. The number of hydroxylamine groups is 4. The van der Waals surface area contributed by atoms with Crippen molar-refractivity contribution in [2.45, 2.75) is 209 Å². The second-order valence-corrected chi connectivity index (χ2v) is 39.9. The number of hydrogen-bond acceptors (Lipinski definition) is 24. The van der Waals surface area contributed by atoms with Gasteiger partial charge in [0.25, 0.3) is 0 Å². The maximum absolute atomic E-state index is 14.0. The summed E-state index contributed by atoms with van der Waals surface area (Å²) in [5.74, 6) is -5.92. The Hall–Kier alpha value is -14.9. The van der Waals surface area contributed by atoms with Crippen molar-refractivity contribution >= 4 is 81.3 Å². The number of phenols is 1. The Morgan fingerprint density at radius 3 is 1.15 bits per heavy atom. The number of ketones is 4. The lowest BCUT2D eigenvalue weighted by molar-refractivity contribution is -0.140. The number of nitrogens with one attached hydrogen (secondary N) is 9. The number of methoxy groups -OCH3 is 6. The van der Waals surface area contributed by atoms with E-state index in [1.807, 2.05) is 191 Å². The van der Waals surface area contributed by atoms with Gasteiger partial charge in [-0.3, -0.25) is 78.4 Å². The van der Waals surface area contributed by atoms with Crippen LogP contribution in [0.3, 0.4) is 0 Å². The topological polar surface area (TPSA) is 483 Å². The summed E-state index contributed by atoms with van der Waals surface area (Å²) in [4.78, 5) is 159. The Bertz CT molecular complexity index is 5960. The van der Waals surface area contributed by atoms with Gasteiger partial charge in [0.05, 0.1) is 79.4 Å². The minimum Gasteiger partial charge on any atom is -0.508 e. The second kappa shape index (κ2) is 61.8. The zero-order chi connectivity index (χ0) is 110. The third-order valence-corrected chi connectivity index (χ3v) is 25.5. The zero-order valence-electron chi connectivity index (χ0n) is 88.8. The molecule has 0 aliphatic rings. The normalized spacial score (nSPS) is 12.9. The molecule has 0 saturated carbocycles. The van der Waals surface area contributed by atoms with Crippen LogP contribution < -0.4 is 71.6 Å². The molecule has 10 aromatic rings. The van der Waals surface area contributed by atoms with Gasteiger partial charge < -0.3 is 64.5 Å². The SMILES string of the molecule is C=CC[C@H](C(=O)NO)[C@@H](CCCc1cc(OC)c(OC)c(OC)c1)C(=O)N[C@H](C(=O)c1c[nH]c2ccccc12)C(C)(C)C.CC(C)(C)[C@H](NC(=O)C(CCCCOCc1ccccc1)CC(=O)NO)C(=O)c1ccccc1.COc1cc(CCC[C@H](CC(=O)NO)C(=O)N[C@H](C(=O)c2ccccc2)C(C)(C)C)cc(OC)c1OC.Cc1ccc(CCC[C@H](CC(=O)NO)C(=O)N[C@@H](Cc2ccc(O)cc2)C(=O)c2ccccc2)cc1. The molecule has 14 N–H and O–H groups in total. The third-order valence-electron chi connectivity index (χ3n) is 25.5. The standard InChI is InChI=1S/C33H43N3O7.C29H32N2O5.C28H38N2O7.C27H36N2O5/c1-8-12-22(32(39)36-40)23(15-11-13-20-17-26(41-5)29(43-7)27(18-20)42-6)31(38)35-30(33(2,3)4)28(37)24-19-34-25-16-10-9-14-21(24)25;1-20-10-12-21(13-11-20)6-5-9-24(19-27(33)31-36)29(35)30-26(18-22-14-16-25(32)17-15-22)28(34)23-7-3-2-4-8-23;1-28(2,3)26(24(32)19-12-8-7-9-13-19)29-27(33)20(17-23(31)30-34)14-10-11-18-15-21(35-4)25(37-6)22(16-18)36-5;1-27(2,3)25(24(31)21-14-8-5-9-15-21)28-26(32)22(18-23(30)29-33)16-10-11-17-34-19-20-12-6-4-7-13-20/h8-10,14,16-19,22-23,30,34,40H,1,11-13,15H2,2-7H3,(H,35,38)(H,36,39);2-4,7-8,10-17,24,26,32,36H,5-6,9,18-19H2,1H3,(H,30,35)(H,31,33);7-9,12-13,15-16,20,26,34H,10-11,14,17H2,1-6H3,(H,29,33)(H,30,31);4-9,12-15,22,25,33H,10-11,16-19H2,1-3H3,(H,28,32)(H,29,30)/t22-,23+,30+;24-,26+;20-,26-;22?,25-/m0111/s1. The van der Waals surface area contributed by atoms with Crippen LogP contribution in [0.4, 0.5) is 0 Å². The molecule has 0 fully saturated rings. The Labute approximate surface area is 878 Å². The number of para-hydroxylation sites is 1. The van der Waals surface area contributed by atoms with E-state index >= 15 is 0 Å². The van der Waals surface area contributed by atoms with Gasteiger partial charge in [-0.15, -0.1) is 6.58 Å². The van der Waals surface area contributed by atoms with Crippen molar-refractivity contribution in [2.24, 2.45) is 45.8 Å². The van der Waals surface area contributed by atoms with Crippen molar-refractivity contribution in [3.63, 3.8) is 0 Å². The van der Waals surface area contributed by atoms with Crippen molar-refractivity contribution < 1.29 is 117 Å². The smallest absolute Gasteiger partial charge is 0.247 e. The molecule has 0 saturated heterocycles. The highest BCUT2D eigenvalue weighted by atomic mass is 16.5. The highest BCUT2D eigenvalue weighted by molar-refractivity contribution is 6.12. The van der Waals surface area contributed by atoms with Crippen LogP contribution in [0, 0.1) is 52.8 Å². The first kappa shape index (κ1) is 122. The maximum Gasteiger partial charge on any atom is 0.247 e. The summed E-state index contributed by atoms with van der Waals surface area (Å²) in [6.07, 6.45) is 9.49. The zero-order valence-corrected chi connectivity index (χ0v) is 88.8. The monoisotopic (exact) mass is 2060 g/mol. The molecule has 0 bridgehead atoms. The summed E-state index contributed by atoms with van der Waals surface area (Å²) in [7, 11) is 9.22. The van der Waals surface area contributed by atoms with Gasteiger partial charge in [-0.05, 0) is 171 Å². The quantitative estimate of drug-likeness (QED) is 0.00553. The molecule has 0 aliphatic heterocycles. The van der Waals surface area contributed by atoms with E-state index in [-0.39, 0.29) is 66.9 Å². The van der Waals surface area contributed by atoms with E-state index in [4.69, 9.17) is 48.8 Å². The van der Waals surface area contributed by atoms with Crippen molar-refractivity contribution in [1.82, 2.24) is 48.2 Å². The lowest BCUT2D eigenvalue weighted by Crippen LogP contribution is -2.52. The van der Waals surface area contributed by atoms with E-state index in [9.17, 15) is 67.8 Å². The lowest BCUT2D eigenvalue weighted by atomic mass is 9.80. The summed E-state index contributed by atoms with van der Waals surface area (Å²) < 4.78 is 38.2. The number of fused-ring (bicyclic) bond motifs is 1. The van der Waals surface area contributed by atoms with E-state index in [2.05, 4.69) is 32.8 Å². The Balaban J connectivity index is 0.000000271. The molecule has 0 radical (unpaired) electrons. The molecule has 150 heavy (non-hydrogen) atoms. The number of H-pyrrole nitrogens is 1. The van der Waals surface area contributed by atoms with Gasteiger partial charge in [0.1, 0.15) is 5.75 Å². The molecule has 10 rings (SSSR count). The number of aromatic nitrogens is 1. The highest BCUT2D eigenvalue weighted by Gasteiger charge is 2.42. The minimum atomic E-state index is -0.897. The van der Waals surface area contributed by atoms with Crippen molar-refractivity contribution in [3.05, 3.63) is 293 Å². The van der Waals surface area contributed by atoms with E-state index in [1.165, 1.54) is 66.4 Å². The summed E-state index contributed by atoms with van der Waals surface area (Å²) in [6.45, 7) is 23.7. The fraction of sp³-hybridized carbons (Fsp3) is 0.402. The molecule has 9 aromatic carbocycles. The van der Waals surface area contributed by atoms with Gasteiger partial charge >= 0.3 is 0 Å². The number of phenolic OH excluding ortho intramolecular Hbond substituents is 1. The number of aromatic amines is 1. The molecule has 806 valence electrons. The van der Waals surface area contributed by atoms with Crippen LogP contribution >= 0.6 is 0 Å². The van der Waals surface area contributed by atoms with Crippen LogP contribution in [-0.4, -0.2) is 175 Å². The molecule has 1 unspecified atom stereocenters. The fourth-order valence-electron chi connectivity index (χ4n) is 17.3. The molecular formula is C117H149N9O24. The van der Waals surface area contributed by atoms with Crippen LogP contribution in [0.2, 0.25) is 0 Å². The number of rotatable bonds is 53. The number of carbonyl (C=O) groups is 12. The number of aryl methyl sites for hydroxylation is 4. The van der Waals surface area contributed by atoms with Crippen molar-refractivity contribution in [2.75, 3.05) is 49.3 Å². The molecule has 1 aromatic heterocycles. The molecule has 33 heteroatoms. The van der Waals surface area contributed by atoms with Crippen LogP contribution in [0.1, 0.15) is 221 Å². The van der Waals surface area contributed by atoms with Gasteiger partial charge in [-0.2, -0.15) is 0 Å². The first-order chi connectivity index (χ1) is 71.6.